The van der Waals surface area contributed by atoms with Gasteiger partial charge in [-0.3, -0.25) is 0 Å². The molecular weight excluding hydrogens is 297 g/mol. The molecule has 2 aromatic carbocycles. The smallest absolute Gasteiger partial charge is 0.416 e. The topological polar surface area (TPSA) is 46.5 Å². The predicted octanol–water partition coefficient (Wildman–Crippen LogP) is 4.29. The molecule has 0 saturated heterocycles. The van der Waals surface area contributed by atoms with E-state index >= 15 is 0 Å². The fraction of sp³-hybridized carbons (Fsp3) is 0.188. The second-order valence-corrected chi connectivity index (χ2v) is 4.77. The predicted molar refractivity (Wildman–Crippen MR) is 73.9 cm³/mol. The molecule has 0 bridgehead atoms. The van der Waals surface area contributed by atoms with Crippen molar-refractivity contribution in [3.8, 4) is 5.75 Å². The molecule has 116 valence electrons. The van der Waals surface area contributed by atoms with Crippen LogP contribution in [0.2, 0.25) is 0 Å². The molecule has 0 heterocycles. The van der Waals surface area contributed by atoms with Crippen molar-refractivity contribution in [1.29, 1.82) is 0 Å². The maximum Gasteiger partial charge on any atom is 0.416 e. The molecule has 0 radical (unpaired) electrons. The molecule has 0 unspecified atom stereocenters. The highest BCUT2D eigenvalue weighted by atomic mass is 19.4. The Labute approximate surface area is 125 Å². The number of ether oxygens (including phenoxy) is 1. The van der Waals surface area contributed by atoms with Crippen molar-refractivity contribution in [3.63, 3.8) is 0 Å². The maximum absolute atomic E-state index is 12.7. The summed E-state index contributed by atoms with van der Waals surface area (Å²) in [6, 6.07) is 9.70. The molecule has 2 aromatic rings. The molecule has 6 heteroatoms. The van der Waals surface area contributed by atoms with Gasteiger partial charge in [0.05, 0.1) is 11.1 Å². The largest absolute Gasteiger partial charge is 0.489 e. The van der Waals surface area contributed by atoms with Gasteiger partial charge in [-0.1, -0.05) is 12.1 Å². The van der Waals surface area contributed by atoms with Crippen LogP contribution in [-0.4, -0.2) is 11.1 Å². The van der Waals surface area contributed by atoms with E-state index in [0.717, 1.165) is 6.07 Å². The van der Waals surface area contributed by atoms with Gasteiger partial charge in [0.25, 0.3) is 0 Å². The third-order valence-electron chi connectivity index (χ3n) is 3.08. The van der Waals surface area contributed by atoms with Crippen LogP contribution < -0.4 is 4.74 Å². The van der Waals surface area contributed by atoms with Crippen molar-refractivity contribution < 1.29 is 27.8 Å². The highest BCUT2D eigenvalue weighted by Gasteiger charge is 2.32. The van der Waals surface area contributed by atoms with Crippen LogP contribution in [0.5, 0.6) is 5.75 Å². The lowest BCUT2D eigenvalue weighted by molar-refractivity contribution is -0.138. The van der Waals surface area contributed by atoms with Gasteiger partial charge in [-0.05, 0) is 48.4 Å². The average molecular weight is 310 g/mol. The highest BCUT2D eigenvalue weighted by Crippen LogP contribution is 2.33. The van der Waals surface area contributed by atoms with E-state index in [0.29, 0.717) is 11.3 Å². The Morgan fingerprint density at radius 3 is 2.50 bits per heavy atom. The summed E-state index contributed by atoms with van der Waals surface area (Å²) < 4.78 is 43.4. The standard InChI is InChI=1S/C16H13F3O3/c1-10-7-13(5-6-14(10)16(17,18)19)22-9-11-3-2-4-12(8-11)15(20)21/h2-8H,9H2,1H3,(H,20,21). The fourth-order valence-corrected chi connectivity index (χ4v) is 2.00. The quantitative estimate of drug-likeness (QED) is 0.916. The Bertz CT molecular complexity index is 693. The van der Waals surface area contributed by atoms with E-state index in [9.17, 15) is 18.0 Å². The van der Waals surface area contributed by atoms with E-state index in [-0.39, 0.29) is 17.7 Å². The van der Waals surface area contributed by atoms with Crippen molar-refractivity contribution in [2.45, 2.75) is 19.7 Å². The SMILES string of the molecule is Cc1cc(OCc2cccc(C(=O)O)c2)ccc1C(F)(F)F. The van der Waals surface area contributed by atoms with Gasteiger partial charge < -0.3 is 9.84 Å². The number of benzene rings is 2. The first kappa shape index (κ1) is 15.9. The summed E-state index contributed by atoms with van der Waals surface area (Å²) in [6.45, 7) is 1.44. The van der Waals surface area contributed by atoms with Crippen molar-refractivity contribution >= 4 is 5.97 Å². The number of carbonyl (C=O) groups is 1. The van der Waals surface area contributed by atoms with Gasteiger partial charge in [0.2, 0.25) is 0 Å². The third-order valence-corrected chi connectivity index (χ3v) is 3.08. The lowest BCUT2D eigenvalue weighted by atomic mass is 10.1. The summed E-state index contributed by atoms with van der Waals surface area (Å²) in [7, 11) is 0. The second kappa shape index (κ2) is 6.09. The lowest BCUT2D eigenvalue weighted by Crippen LogP contribution is -2.07. The van der Waals surface area contributed by atoms with E-state index in [1.54, 1.807) is 12.1 Å². The van der Waals surface area contributed by atoms with Crippen LogP contribution in [0.1, 0.15) is 27.0 Å². The summed E-state index contributed by atoms with van der Waals surface area (Å²) in [6.07, 6.45) is -4.39. The molecule has 0 amide bonds. The molecule has 2 rings (SSSR count). The third kappa shape index (κ3) is 3.78. The minimum absolute atomic E-state index is 0.0734. The number of aryl methyl sites for hydroxylation is 1. The molecule has 0 saturated carbocycles. The minimum atomic E-state index is -4.39. The molecular formula is C16H13F3O3. The summed E-state index contributed by atoms with van der Waals surface area (Å²) in [4.78, 5) is 10.9. The van der Waals surface area contributed by atoms with Crippen LogP contribution in [-0.2, 0) is 12.8 Å². The summed E-state index contributed by atoms with van der Waals surface area (Å²) in [5.41, 5.74) is 0.124. The van der Waals surface area contributed by atoms with E-state index in [1.165, 1.54) is 31.2 Å². The zero-order chi connectivity index (χ0) is 16.3. The number of hydrogen-bond acceptors (Lipinski definition) is 2. The normalized spacial score (nSPS) is 11.3. The van der Waals surface area contributed by atoms with Gasteiger partial charge in [-0.2, -0.15) is 13.2 Å². The maximum atomic E-state index is 12.7. The summed E-state index contributed by atoms with van der Waals surface area (Å²) >= 11 is 0. The first-order valence-corrected chi connectivity index (χ1v) is 6.40. The summed E-state index contributed by atoms with van der Waals surface area (Å²) in [5, 5.41) is 8.89. The zero-order valence-electron chi connectivity index (χ0n) is 11.6. The number of halogens is 3. The molecule has 22 heavy (non-hydrogen) atoms. The van der Waals surface area contributed by atoms with Crippen molar-refractivity contribution in [2.24, 2.45) is 0 Å². The zero-order valence-corrected chi connectivity index (χ0v) is 11.6. The Balaban J connectivity index is 2.11. The number of carboxylic acids is 1. The van der Waals surface area contributed by atoms with Crippen LogP contribution in [0.3, 0.4) is 0 Å². The van der Waals surface area contributed by atoms with Gasteiger partial charge in [-0.25, -0.2) is 4.79 Å². The Kier molecular flexibility index (Phi) is 4.40. The van der Waals surface area contributed by atoms with E-state index in [1.807, 2.05) is 0 Å². The van der Waals surface area contributed by atoms with Gasteiger partial charge in [-0.15, -0.1) is 0 Å². The van der Waals surface area contributed by atoms with Crippen molar-refractivity contribution in [3.05, 3.63) is 64.7 Å². The fourth-order valence-electron chi connectivity index (χ4n) is 2.00. The Morgan fingerprint density at radius 1 is 1.18 bits per heavy atom. The molecule has 0 atom stereocenters. The number of rotatable bonds is 4. The van der Waals surface area contributed by atoms with Gasteiger partial charge in [0, 0.05) is 0 Å². The average Bonchev–Trinajstić information content (AvgIpc) is 2.44. The van der Waals surface area contributed by atoms with Gasteiger partial charge in [0.15, 0.2) is 0 Å². The molecule has 0 aliphatic rings. The van der Waals surface area contributed by atoms with Crippen molar-refractivity contribution in [1.82, 2.24) is 0 Å². The van der Waals surface area contributed by atoms with Crippen LogP contribution >= 0.6 is 0 Å². The first-order chi connectivity index (χ1) is 10.3. The van der Waals surface area contributed by atoms with E-state index in [4.69, 9.17) is 9.84 Å². The first-order valence-electron chi connectivity index (χ1n) is 6.40. The minimum Gasteiger partial charge on any atom is -0.489 e. The second-order valence-electron chi connectivity index (χ2n) is 4.77. The molecule has 1 N–H and O–H groups in total. The number of carboxylic acid groups (broad SMARTS) is 1. The molecule has 3 nitrogen and oxygen atoms in total. The summed E-state index contributed by atoms with van der Waals surface area (Å²) in [5.74, 6) is -0.751. The number of hydrogen-bond donors (Lipinski definition) is 1. The Hall–Kier alpha value is -2.50. The van der Waals surface area contributed by atoms with Crippen LogP contribution in [0.4, 0.5) is 13.2 Å². The van der Waals surface area contributed by atoms with Crippen LogP contribution in [0.15, 0.2) is 42.5 Å². The number of alkyl halides is 3. The molecule has 0 aliphatic heterocycles. The van der Waals surface area contributed by atoms with E-state index < -0.39 is 17.7 Å². The van der Waals surface area contributed by atoms with Gasteiger partial charge >= 0.3 is 12.1 Å². The highest BCUT2D eigenvalue weighted by molar-refractivity contribution is 5.87. The number of aromatic carboxylic acids is 1. The molecule has 0 aromatic heterocycles. The van der Waals surface area contributed by atoms with Crippen LogP contribution in [0, 0.1) is 6.92 Å². The van der Waals surface area contributed by atoms with E-state index in [2.05, 4.69) is 0 Å². The monoisotopic (exact) mass is 310 g/mol. The van der Waals surface area contributed by atoms with Gasteiger partial charge in [0.1, 0.15) is 12.4 Å². The van der Waals surface area contributed by atoms with Crippen LogP contribution in [0.25, 0.3) is 0 Å². The molecule has 0 spiro atoms. The molecule has 0 fully saturated rings. The Morgan fingerprint density at radius 2 is 1.91 bits per heavy atom. The van der Waals surface area contributed by atoms with Crippen molar-refractivity contribution in [2.75, 3.05) is 0 Å². The lowest BCUT2D eigenvalue weighted by Gasteiger charge is -2.12. The molecule has 0 aliphatic carbocycles.